The van der Waals surface area contributed by atoms with Gasteiger partial charge in [0.25, 0.3) is 0 Å². The summed E-state index contributed by atoms with van der Waals surface area (Å²) < 4.78 is 0. The Bertz CT molecular complexity index is 883. The molecule has 136 valence electrons. The van der Waals surface area contributed by atoms with Gasteiger partial charge in [-0.3, -0.25) is 0 Å². The molecule has 2 aromatic rings. The lowest BCUT2D eigenvalue weighted by Gasteiger charge is -2.03. The normalized spacial score (nSPS) is 9.62. The standard InChI is InChI=1S/2C9H8O4/c1-5-4-6(8(10)11)2-3-7(5)9(12)13;1-5-3-2-4-6(8(10)11)7(5)9(12)13/h2*2-4H,1H3,(H,10,11)(H,12,13). The van der Waals surface area contributed by atoms with E-state index in [0.29, 0.717) is 11.1 Å². The zero-order chi connectivity index (χ0) is 20.0. The van der Waals surface area contributed by atoms with Gasteiger partial charge >= 0.3 is 23.9 Å². The van der Waals surface area contributed by atoms with Crippen LogP contribution in [-0.4, -0.2) is 44.3 Å². The van der Waals surface area contributed by atoms with Gasteiger partial charge in [0.2, 0.25) is 0 Å². The van der Waals surface area contributed by atoms with E-state index >= 15 is 0 Å². The Balaban J connectivity index is 0.000000260. The summed E-state index contributed by atoms with van der Waals surface area (Å²) in [6, 6.07) is 8.27. The van der Waals surface area contributed by atoms with Crippen LogP contribution >= 0.6 is 0 Å². The van der Waals surface area contributed by atoms with Crippen LogP contribution in [0.25, 0.3) is 0 Å². The predicted octanol–water partition coefficient (Wildman–Crippen LogP) is 2.78. The molecule has 0 bridgehead atoms. The summed E-state index contributed by atoms with van der Waals surface area (Å²) in [5, 5.41) is 34.6. The van der Waals surface area contributed by atoms with E-state index in [1.54, 1.807) is 19.9 Å². The average molecular weight is 360 g/mol. The summed E-state index contributed by atoms with van der Waals surface area (Å²) in [6.45, 7) is 3.13. The van der Waals surface area contributed by atoms with Crippen LogP contribution in [0.3, 0.4) is 0 Å². The highest BCUT2D eigenvalue weighted by Crippen LogP contribution is 2.14. The first-order chi connectivity index (χ1) is 12.1. The van der Waals surface area contributed by atoms with Crippen LogP contribution in [0.2, 0.25) is 0 Å². The fraction of sp³-hybridized carbons (Fsp3) is 0.111. The van der Waals surface area contributed by atoms with Crippen LogP contribution in [0.15, 0.2) is 36.4 Å². The molecule has 0 spiro atoms. The minimum atomic E-state index is -1.22. The van der Waals surface area contributed by atoms with Gasteiger partial charge in [-0.25, -0.2) is 19.2 Å². The van der Waals surface area contributed by atoms with Crippen molar-refractivity contribution in [2.45, 2.75) is 13.8 Å². The number of aromatic carboxylic acids is 4. The SMILES string of the molecule is Cc1cc(C(=O)O)ccc1C(=O)O.Cc1cccc(C(=O)O)c1C(=O)O. The van der Waals surface area contributed by atoms with Crippen molar-refractivity contribution in [3.05, 3.63) is 69.8 Å². The summed E-state index contributed by atoms with van der Waals surface area (Å²) in [5.41, 5.74) is 0.815. The Morgan fingerprint density at radius 3 is 1.62 bits per heavy atom. The number of hydrogen-bond donors (Lipinski definition) is 4. The molecule has 26 heavy (non-hydrogen) atoms. The van der Waals surface area contributed by atoms with Crippen molar-refractivity contribution >= 4 is 23.9 Å². The third-order valence-corrected chi connectivity index (χ3v) is 3.42. The van der Waals surface area contributed by atoms with Gasteiger partial charge in [0, 0.05) is 0 Å². The van der Waals surface area contributed by atoms with Crippen LogP contribution in [0, 0.1) is 13.8 Å². The smallest absolute Gasteiger partial charge is 0.336 e. The minimum Gasteiger partial charge on any atom is -0.478 e. The first-order valence-corrected chi connectivity index (χ1v) is 7.19. The Morgan fingerprint density at radius 2 is 1.23 bits per heavy atom. The Labute approximate surface area is 148 Å². The average Bonchev–Trinajstić information content (AvgIpc) is 2.54. The number of carboxylic acids is 4. The molecule has 0 atom stereocenters. The fourth-order valence-corrected chi connectivity index (χ4v) is 2.17. The molecule has 0 amide bonds. The second-order valence-electron chi connectivity index (χ2n) is 5.25. The zero-order valence-electron chi connectivity index (χ0n) is 13.9. The van der Waals surface area contributed by atoms with Gasteiger partial charge in [-0.05, 0) is 49.2 Å². The topological polar surface area (TPSA) is 149 Å². The summed E-state index contributed by atoms with van der Waals surface area (Å²) >= 11 is 0. The minimum absolute atomic E-state index is 0.0995. The van der Waals surface area contributed by atoms with E-state index in [0.717, 1.165) is 0 Å². The van der Waals surface area contributed by atoms with E-state index < -0.39 is 23.9 Å². The molecule has 2 rings (SSSR count). The number of carboxylic acid groups (broad SMARTS) is 4. The van der Waals surface area contributed by atoms with Gasteiger partial charge in [0.15, 0.2) is 0 Å². The second-order valence-corrected chi connectivity index (χ2v) is 5.25. The third-order valence-electron chi connectivity index (χ3n) is 3.42. The number of aryl methyl sites for hydroxylation is 2. The maximum Gasteiger partial charge on any atom is 0.336 e. The molecule has 0 unspecified atom stereocenters. The molecular weight excluding hydrogens is 344 g/mol. The van der Waals surface area contributed by atoms with Crippen LogP contribution < -0.4 is 0 Å². The monoisotopic (exact) mass is 360 g/mol. The summed E-state index contributed by atoms with van der Waals surface area (Å²) in [4.78, 5) is 42.3. The molecule has 8 nitrogen and oxygen atoms in total. The van der Waals surface area contributed by atoms with Crippen molar-refractivity contribution in [2.24, 2.45) is 0 Å². The van der Waals surface area contributed by atoms with Crippen molar-refractivity contribution in [1.82, 2.24) is 0 Å². The first kappa shape index (κ1) is 20.4. The molecule has 0 aliphatic carbocycles. The molecule has 0 fully saturated rings. The molecule has 0 aromatic heterocycles. The molecule has 8 heteroatoms. The largest absolute Gasteiger partial charge is 0.478 e. The molecule has 2 aromatic carbocycles. The molecule has 0 saturated heterocycles. The lowest BCUT2D eigenvalue weighted by molar-refractivity contribution is 0.0651. The van der Waals surface area contributed by atoms with Crippen LogP contribution in [-0.2, 0) is 0 Å². The van der Waals surface area contributed by atoms with Crippen LogP contribution in [0.1, 0.15) is 52.6 Å². The van der Waals surface area contributed by atoms with Gasteiger partial charge in [0.1, 0.15) is 0 Å². The van der Waals surface area contributed by atoms with E-state index in [2.05, 4.69) is 0 Å². The summed E-state index contributed by atoms with van der Waals surface area (Å²) in [6.07, 6.45) is 0. The maximum absolute atomic E-state index is 10.7. The first-order valence-electron chi connectivity index (χ1n) is 7.19. The van der Waals surface area contributed by atoms with Gasteiger partial charge in [-0.2, -0.15) is 0 Å². The fourth-order valence-electron chi connectivity index (χ4n) is 2.17. The Hall–Kier alpha value is -3.68. The van der Waals surface area contributed by atoms with Crippen molar-refractivity contribution in [1.29, 1.82) is 0 Å². The molecule has 4 N–H and O–H groups in total. The molecule has 0 saturated carbocycles. The van der Waals surface area contributed by atoms with E-state index in [1.807, 2.05) is 0 Å². The molecule has 0 aliphatic heterocycles. The number of benzene rings is 2. The van der Waals surface area contributed by atoms with E-state index in [-0.39, 0.29) is 22.3 Å². The number of carbonyl (C=O) groups is 4. The molecule has 0 aliphatic rings. The van der Waals surface area contributed by atoms with Crippen molar-refractivity contribution in [2.75, 3.05) is 0 Å². The lowest BCUT2D eigenvalue weighted by atomic mass is 10.0. The predicted molar refractivity (Wildman–Crippen MR) is 90.2 cm³/mol. The van der Waals surface area contributed by atoms with Gasteiger partial charge in [-0.1, -0.05) is 12.1 Å². The van der Waals surface area contributed by atoms with Gasteiger partial charge < -0.3 is 20.4 Å². The maximum atomic E-state index is 10.7. The van der Waals surface area contributed by atoms with Gasteiger partial charge in [0.05, 0.1) is 22.3 Å². The molecule has 0 radical (unpaired) electrons. The van der Waals surface area contributed by atoms with E-state index in [1.165, 1.54) is 30.3 Å². The van der Waals surface area contributed by atoms with E-state index in [9.17, 15) is 19.2 Å². The zero-order valence-corrected chi connectivity index (χ0v) is 13.9. The Kier molecular flexibility index (Phi) is 6.60. The molecular formula is C18H16O8. The van der Waals surface area contributed by atoms with Gasteiger partial charge in [-0.15, -0.1) is 0 Å². The highest BCUT2D eigenvalue weighted by Gasteiger charge is 2.17. The highest BCUT2D eigenvalue weighted by atomic mass is 16.4. The number of hydrogen-bond acceptors (Lipinski definition) is 4. The van der Waals surface area contributed by atoms with Crippen LogP contribution in [0.4, 0.5) is 0 Å². The third kappa shape index (κ3) is 4.91. The van der Waals surface area contributed by atoms with Crippen molar-refractivity contribution in [3.8, 4) is 0 Å². The van der Waals surface area contributed by atoms with Crippen LogP contribution in [0.5, 0.6) is 0 Å². The van der Waals surface area contributed by atoms with E-state index in [4.69, 9.17) is 20.4 Å². The summed E-state index contributed by atoms with van der Waals surface area (Å²) in [7, 11) is 0. The lowest BCUT2D eigenvalue weighted by Crippen LogP contribution is -2.09. The number of rotatable bonds is 4. The molecule has 0 heterocycles. The highest BCUT2D eigenvalue weighted by molar-refractivity contribution is 6.02. The quantitative estimate of drug-likeness (QED) is 0.650. The Morgan fingerprint density at radius 1 is 0.654 bits per heavy atom. The van der Waals surface area contributed by atoms with Crippen molar-refractivity contribution < 1.29 is 39.6 Å². The second kappa shape index (κ2) is 8.43. The van der Waals surface area contributed by atoms with Crippen molar-refractivity contribution in [3.63, 3.8) is 0 Å². The summed E-state index contributed by atoms with van der Waals surface area (Å²) in [5.74, 6) is -4.54.